The lowest BCUT2D eigenvalue weighted by Crippen LogP contribution is -2.19. The molecule has 130 valence electrons. The Kier molecular flexibility index (Phi) is 8.11. The van der Waals surface area contributed by atoms with Gasteiger partial charge in [0.1, 0.15) is 0 Å². The van der Waals surface area contributed by atoms with E-state index in [-0.39, 0.29) is 6.29 Å². The van der Waals surface area contributed by atoms with Crippen LogP contribution in [0.25, 0.3) is 0 Å². The molecule has 1 saturated heterocycles. The molecule has 0 saturated carbocycles. The summed E-state index contributed by atoms with van der Waals surface area (Å²) in [7, 11) is 0. The van der Waals surface area contributed by atoms with Gasteiger partial charge in [-0.1, -0.05) is 63.8 Å². The third-order valence-corrected chi connectivity index (χ3v) is 4.98. The van der Waals surface area contributed by atoms with Crippen LogP contribution in [0.1, 0.15) is 69.9 Å². The van der Waals surface area contributed by atoms with Gasteiger partial charge in [-0.15, -0.1) is 0 Å². The normalized spacial score (nSPS) is 24.2. The van der Waals surface area contributed by atoms with Crippen molar-refractivity contribution in [2.75, 3.05) is 6.61 Å². The van der Waals surface area contributed by atoms with Gasteiger partial charge in [0.25, 0.3) is 0 Å². The van der Waals surface area contributed by atoms with E-state index in [0.29, 0.717) is 12.0 Å². The van der Waals surface area contributed by atoms with Gasteiger partial charge in [-0.05, 0) is 43.2 Å². The summed E-state index contributed by atoms with van der Waals surface area (Å²) in [5, 5.41) is 0. The molecule has 1 fully saturated rings. The summed E-state index contributed by atoms with van der Waals surface area (Å²) < 4.78 is 12.2. The van der Waals surface area contributed by atoms with Gasteiger partial charge in [0.15, 0.2) is 6.29 Å². The van der Waals surface area contributed by atoms with E-state index in [4.69, 9.17) is 9.47 Å². The maximum Gasteiger partial charge on any atom is 0.158 e. The minimum absolute atomic E-state index is 0.0159. The van der Waals surface area contributed by atoms with Gasteiger partial charge < -0.3 is 9.47 Å². The molecule has 23 heavy (non-hydrogen) atoms. The van der Waals surface area contributed by atoms with E-state index >= 15 is 0 Å². The van der Waals surface area contributed by atoms with Crippen LogP contribution in [0.3, 0.4) is 0 Å². The van der Waals surface area contributed by atoms with E-state index in [1.807, 2.05) is 0 Å². The Hall–Kier alpha value is -0.860. The molecular formula is C21H34O2. The predicted octanol–water partition coefficient (Wildman–Crippen LogP) is 5.67. The Morgan fingerprint density at radius 2 is 1.87 bits per heavy atom. The molecule has 0 amide bonds. The lowest BCUT2D eigenvalue weighted by molar-refractivity contribution is -0.136. The van der Waals surface area contributed by atoms with Crippen LogP contribution < -0.4 is 0 Å². The van der Waals surface area contributed by atoms with Crippen LogP contribution >= 0.6 is 0 Å². The predicted molar refractivity (Wildman–Crippen MR) is 96.7 cm³/mol. The first kappa shape index (κ1) is 18.5. The first-order valence-electron chi connectivity index (χ1n) is 9.56. The first-order chi connectivity index (χ1) is 11.2. The standard InChI is InChI=1S/C21H34O2/c1-4-6-8-13-20-19(15-18-12-10-9-11-17(18)3)16-21(23-20)22-14-7-5-2/h9-12,19-21H,4-8,13-16H2,1-3H3/t19-,20+,21?/m0/s1. The zero-order chi connectivity index (χ0) is 16.5. The molecule has 1 aromatic carbocycles. The maximum absolute atomic E-state index is 6.26. The SMILES string of the molecule is CCCCC[C@H]1OC(OCCCC)C[C@@H]1Cc1ccccc1C. The fourth-order valence-electron chi connectivity index (χ4n) is 3.46. The summed E-state index contributed by atoms with van der Waals surface area (Å²) in [5.41, 5.74) is 2.87. The highest BCUT2D eigenvalue weighted by molar-refractivity contribution is 5.26. The summed E-state index contributed by atoms with van der Waals surface area (Å²) in [6, 6.07) is 8.76. The molecule has 1 unspecified atom stereocenters. The van der Waals surface area contributed by atoms with Crippen molar-refractivity contribution in [3.8, 4) is 0 Å². The summed E-state index contributed by atoms with van der Waals surface area (Å²) >= 11 is 0. The van der Waals surface area contributed by atoms with Crippen LogP contribution in [-0.4, -0.2) is 19.0 Å². The number of hydrogen-bond acceptors (Lipinski definition) is 2. The molecule has 1 aliphatic rings. The van der Waals surface area contributed by atoms with Gasteiger partial charge in [-0.3, -0.25) is 0 Å². The molecule has 1 heterocycles. The molecule has 2 nitrogen and oxygen atoms in total. The monoisotopic (exact) mass is 318 g/mol. The summed E-state index contributed by atoms with van der Waals surface area (Å²) in [6.45, 7) is 7.51. The van der Waals surface area contributed by atoms with Crippen molar-refractivity contribution < 1.29 is 9.47 Å². The Balaban J connectivity index is 1.93. The quantitative estimate of drug-likeness (QED) is 0.518. The van der Waals surface area contributed by atoms with Gasteiger partial charge in [0.05, 0.1) is 6.10 Å². The van der Waals surface area contributed by atoms with Gasteiger partial charge in [0, 0.05) is 13.0 Å². The number of ether oxygens (including phenoxy) is 2. The lowest BCUT2D eigenvalue weighted by atomic mass is 9.89. The summed E-state index contributed by atoms with van der Waals surface area (Å²) in [6.07, 6.45) is 9.89. The molecule has 1 aliphatic heterocycles. The van der Waals surface area contributed by atoms with Crippen molar-refractivity contribution in [1.82, 2.24) is 0 Å². The van der Waals surface area contributed by atoms with Crippen molar-refractivity contribution in [3.63, 3.8) is 0 Å². The molecule has 3 atom stereocenters. The minimum atomic E-state index is 0.0159. The Morgan fingerprint density at radius 3 is 2.61 bits per heavy atom. The fraction of sp³-hybridized carbons (Fsp3) is 0.714. The van der Waals surface area contributed by atoms with Gasteiger partial charge in [0.2, 0.25) is 0 Å². The Labute approximate surface area is 142 Å². The average molecular weight is 319 g/mol. The first-order valence-corrected chi connectivity index (χ1v) is 9.56. The van der Waals surface area contributed by atoms with Crippen LogP contribution in [0, 0.1) is 12.8 Å². The topological polar surface area (TPSA) is 18.5 Å². The summed E-state index contributed by atoms with van der Waals surface area (Å²) in [4.78, 5) is 0. The molecular weight excluding hydrogens is 284 g/mol. The molecule has 0 N–H and O–H groups in total. The molecule has 0 aliphatic carbocycles. The largest absolute Gasteiger partial charge is 0.353 e. The highest BCUT2D eigenvalue weighted by Gasteiger charge is 2.35. The molecule has 1 aromatic rings. The average Bonchev–Trinajstić information content (AvgIpc) is 2.92. The van der Waals surface area contributed by atoms with Gasteiger partial charge in [-0.2, -0.15) is 0 Å². The van der Waals surface area contributed by atoms with E-state index in [2.05, 4.69) is 45.0 Å². The Bertz CT molecular complexity index is 443. The maximum atomic E-state index is 6.26. The second-order valence-corrected chi connectivity index (χ2v) is 6.95. The molecule has 0 aromatic heterocycles. The number of aryl methyl sites for hydroxylation is 1. The second kappa shape index (κ2) is 10.1. The molecule has 0 bridgehead atoms. The summed E-state index contributed by atoms with van der Waals surface area (Å²) in [5.74, 6) is 0.597. The number of benzene rings is 1. The smallest absolute Gasteiger partial charge is 0.158 e. The third kappa shape index (κ3) is 5.93. The van der Waals surface area contributed by atoms with Crippen LogP contribution in [0.2, 0.25) is 0 Å². The molecule has 0 radical (unpaired) electrons. The molecule has 2 heteroatoms. The van der Waals surface area contributed by atoms with E-state index < -0.39 is 0 Å². The van der Waals surface area contributed by atoms with Crippen LogP contribution in [0.15, 0.2) is 24.3 Å². The molecule has 2 rings (SSSR count). The second-order valence-electron chi connectivity index (χ2n) is 6.95. The Morgan fingerprint density at radius 1 is 1.09 bits per heavy atom. The highest BCUT2D eigenvalue weighted by Crippen LogP contribution is 2.33. The molecule has 0 spiro atoms. The van der Waals surface area contributed by atoms with Gasteiger partial charge >= 0.3 is 0 Å². The van der Waals surface area contributed by atoms with Crippen LogP contribution in [0.5, 0.6) is 0 Å². The van der Waals surface area contributed by atoms with Gasteiger partial charge in [-0.25, -0.2) is 0 Å². The van der Waals surface area contributed by atoms with Crippen LogP contribution in [0.4, 0.5) is 0 Å². The van der Waals surface area contributed by atoms with Crippen molar-refractivity contribution in [3.05, 3.63) is 35.4 Å². The number of hydrogen-bond donors (Lipinski definition) is 0. The van der Waals surface area contributed by atoms with E-state index in [1.165, 1.54) is 43.2 Å². The van der Waals surface area contributed by atoms with Crippen molar-refractivity contribution >= 4 is 0 Å². The zero-order valence-electron chi connectivity index (χ0n) is 15.2. The minimum Gasteiger partial charge on any atom is -0.353 e. The highest BCUT2D eigenvalue weighted by atomic mass is 16.7. The van der Waals surface area contributed by atoms with E-state index in [9.17, 15) is 0 Å². The number of rotatable bonds is 10. The van der Waals surface area contributed by atoms with Crippen molar-refractivity contribution in [2.45, 2.75) is 84.5 Å². The fourth-order valence-corrected chi connectivity index (χ4v) is 3.46. The lowest BCUT2D eigenvalue weighted by Gasteiger charge is -2.19. The third-order valence-electron chi connectivity index (χ3n) is 4.98. The van der Waals surface area contributed by atoms with E-state index in [1.54, 1.807) is 0 Å². The van der Waals surface area contributed by atoms with E-state index in [0.717, 1.165) is 25.9 Å². The number of unbranched alkanes of at least 4 members (excludes halogenated alkanes) is 3. The zero-order valence-corrected chi connectivity index (χ0v) is 15.2. The van der Waals surface area contributed by atoms with Crippen LogP contribution in [-0.2, 0) is 15.9 Å². The van der Waals surface area contributed by atoms with Crippen molar-refractivity contribution in [2.24, 2.45) is 5.92 Å². The van der Waals surface area contributed by atoms with Crippen molar-refractivity contribution in [1.29, 1.82) is 0 Å².